The molecule has 8 heteroatoms. The Morgan fingerprint density at radius 3 is 2.19 bits per heavy atom. The van der Waals surface area contributed by atoms with Gasteiger partial charge in [0.05, 0.1) is 17.8 Å². The number of para-hydroxylation sites is 2. The van der Waals surface area contributed by atoms with Gasteiger partial charge in [-0.2, -0.15) is 0 Å². The van der Waals surface area contributed by atoms with E-state index in [-0.39, 0.29) is 6.42 Å². The monoisotopic (exact) mass is 435 g/mol. The maximum absolute atomic E-state index is 12.3. The van der Waals surface area contributed by atoms with Gasteiger partial charge < -0.3 is 14.2 Å². The number of hydrogen-bond acceptors (Lipinski definition) is 6. The number of esters is 1. The van der Waals surface area contributed by atoms with Crippen molar-refractivity contribution in [3.05, 3.63) is 72.6 Å². The van der Waals surface area contributed by atoms with Crippen LogP contribution in [0.5, 0.6) is 0 Å². The minimum atomic E-state index is -0.662. The van der Waals surface area contributed by atoms with Gasteiger partial charge >= 0.3 is 5.97 Å². The Morgan fingerprint density at radius 1 is 0.935 bits per heavy atom. The van der Waals surface area contributed by atoms with Gasteiger partial charge in [0, 0.05) is 29.6 Å². The van der Waals surface area contributed by atoms with Crippen LogP contribution >= 0.6 is 11.8 Å². The number of anilines is 2. The second-order valence-corrected chi connectivity index (χ2v) is 8.07. The smallest absolute Gasteiger partial charge is 0.308 e. The van der Waals surface area contributed by atoms with Crippen molar-refractivity contribution in [3.8, 4) is 0 Å². The molecule has 1 aromatic heterocycles. The summed E-state index contributed by atoms with van der Waals surface area (Å²) >= 11 is 1.70. The summed E-state index contributed by atoms with van der Waals surface area (Å²) < 4.78 is 6.68. The fourth-order valence-electron chi connectivity index (χ4n) is 3.37. The predicted molar refractivity (Wildman–Crippen MR) is 117 cm³/mol. The SMILES string of the molecule is Cn1cccc1C(=O)NC(=O)COC(=O)CCN1c2ccccc2Sc2ccccc21. The molecule has 2 aromatic carbocycles. The average molecular weight is 436 g/mol. The second kappa shape index (κ2) is 9.09. The van der Waals surface area contributed by atoms with E-state index >= 15 is 0 Å². The van der Waals surface area contributed by atoms with Crippen LogP contribution in [0.4, 0.5) is 11.4 Å². The van der Waals surface area contributed by atoms with E-state index < -0.39 is 24.4 Å². The van der Waals surface area contributed by atoms with Gasteiger partial charge in [0.15, 0.2) is 6.61 Å². The first-order valence-corrected chi connectivity index (χ1v) is 10.6. The topological polar surface area (TPSA) is 80.6 Å². The van der Waals surface area contributed by atoms with Gasteiger partial charge in [-0.3, -0.25) is 19.7 Å². The molecular weight excluding hydrogens is 414 g/mol. The normalized spacial score (nSPS) is 12.0. The molecule has 0 atom stereocenters. The lowest BCUT2D eigenvalue weighted by Gasteiger charge is -2.32. The Kier molecular flexibility index (Phi) is 6.08. The Labute approximate surface area is 184 Å². The maximum Gasteiger partial charge on any atom is 0.308 e. The average Bonchev–Trinajstić information content (AvgIpc) is 3.21. The number of amides is 2. The van der Waals surface area contributed by atoms with Crippen LogP contribution in [0.1, 0.15) is 16.9 Å². The molecule has 0 saturated carbocycles. The van der Waals surface area contributed by atoms with Crippen molar-refractivity contribution < 1.29 is 19.1 Å². The minimum absolute atomic E-state index is 0.104. The van der Waals surface area contributed by atoms with Gasteiger partial charge in [0.25, 0.3) is 11.8 Å². The zero-order chi connectivity index (χ0) is 21.8. The summed E-state index contributed by atoms with van der Waals surface area (Å²) in [5, 5.41) is 2.22. The van der Waals surface area contributed by atoms with Crippen molar-refractivity contribution in [2.45, 2.75) is 16.2 Å². The van der Waals surface area contributed by atoms with E-state index in [1.165, 1.54) is 0 Å². The fraction of sp³-hybridized carbons (Fsp3) is 0.174. The largest absolute Gasteiger partial charge is 0.456 e. The molecule has 3 aromatic rings. The summed E-state index contributed by atoms with van der Waals surface area (Å²) in [7, 11) is 1.70. The summed E-state index contributed by atoms with van der Waals surface area (Å²) in [5.74, 6) is -1.70. The van der Waals surface area contributed by atoms with E-state index in [0.29, 0.717) is 12.2 Å². The molecule has 0 fully saturated rings. The molecule has 2 amide bonds. The number of rotatable bonds is 6. The number of aromatic nitrogens is 1. The number of hydrogen-bond donors (Lipinski definition) is 1. The van der Waals surface area contributed by atoms with Crippen LogP contribution in [0.15, 0.2) is 76.7 Å². The van der Waals surface area contributed by atoms with Crippen LogP contribution < -0.4 is 10.2 Å². The molecule has 0 radical (unpaired) electrons. The summed E-state index contributed by atoms with van der Waals surface area (Å²) in [6.07, 6.45) is 1.81. The molecule has 2 heterocycles. The molecule has 0 saturated heterocycles. The molecular formula is C23H21N3O4S. The Morgan fingerprint density at radius 2 is 1.58 bits per heavy atom. The highest BCUT2D eigenvalue weighted by molar-refractivity contribution is 7.99. The zero-order valence-corrected chi connectivity index (χ0v) is 17.7. The molecule has 7 nitrogen and oxygen atoms in total. The third-order valence-electron chi connectivity index (χ3n) is 4.87. The second-order valence-electron chi connectivity index (χ2n) is 6.98. The van der Waals surface area contributed by atoms with Crippen molar-refractivity contribution in [2.75, 3.05) is 18.1 Å². The van der Waals surface area contributed by atoms with Gasteiger partial charge in [-0.15, -0.1) is 0 Å². The molecule has 31 heavy (non-hydrogen) atoms. The third-order valence-corrected chi connectivity index (χ3v) is 6.00. The molecule has 0 aliphatic carbocycles. The molecule has 0 bridgehead atoms. The van der Waals surface area contributed by atoms with E-state index in [2.05, 4.69) is 22.3 Å². The molecule has 0 unspecified atom stereocenters. The van der Waals surface area contributed by atoms with E-state index in [9.17, 15) is 14.4 Å². The van der Waals surface area contributed by atoms with Crippen LogP contribution in [0, 0.1) is 0 Å². The van der Waals surface area contributed by atoms with E-state index in [0.717, 1.165) is 21.2 Å². The molecule has 4 rings (SSSR count). The number of imide groups is 1. The van der Waals surface area contributed by atoms with Crippen molar-refractivity contribution in [2.24, 2.45) is 7.05 Å². The first-order valence-electron chi connectivity index (χ1n) is 9.77. The van der Waals surface area contributed by atoms with Gasteiger partial charge in [-0.25, -0.2) is 0 Å². The summed E-state index contributed by atoms with van der Waals surface area (Å²) in [6.45, 7) is -0.0880. The fourth-order valence-corrected chi connectivity index (χ4v) is 4.46. The van der Waals surface area contributed by atoms with Crippen LogP contribution in [-0.2, 0) is 21.4 Å². The van der Waals surface area contributed by atoms with Gasteiger partial charge in [0.2, 0.25) is 0 Å². The van der Waals surface area contributed by atoms with Crippen LogP contribution in [-0.4, -0.2) is 35.5 Å². The van der Waals surface area contributed by atoms with Crippen molar-refractivity contribution in [1.82, 2.24) is 9.88 Å². The lowest BCUT2D eigenvalue weighted by atomic mass is 10.2. The molecule has 1 aliphatic heterocycles. The van der Waals surface area contributed by atoms with Crippen LogP contribution in [0.25, 0.3) is 0 Å². The number of carbonyl (C=O) groups is 3. The van der Waals surface area contributed by atoms with E-state index in [1.54, 1.807) is 41.7 Å². The van der Waals surface area contributed by atoms with Crippen LogP contribution in [0.3, 0.4) is 0 Å². The quantitative estimate of drug-likeness (QED) is 0.597. The number of benzene rings is 2. The third kappa shape index (κ3) is 4.64. The minimum Gasteiger partial charge on any atom is -0.456 e. The molecule has 0 spiro atoms. The summed E-state index contributed by atoms with van der Waals surface area (Å²) in [6, 6.07) is 19.3. The number of aryl methyl sites for hydroxylation is 1. The molecule has 1 N–H and O–H groups in total. The van der Waals surface area contributed by atoms with Crippen molar-refractivity contribution >= 4 is 40.9 Å². The highest BCUT2D eigenvalue weighted by Gasteiger charge is 2.23. The lowest BCUT2D eigenvalue weighted by molar-refractivity contribution is -0.148. The highest BCUT2D eigenvalue weighted by Crippen LogP contribution is 2.47. The van der Waals surface area contributed by atoms with Gasteiger partial charge in [-0.1, -0.05) is 36.0 Å². The zero-order valence-electron chi connectivity index (χ0n) is 16.9. The Hall–Kier alpha value is -3.52. The Balaban J connectivity index is 1.33. The standard InChI is InChI=1S/C23H21N3O4S/c1-25-13-6-9-18(25)23(29)24-21(27)15-30-22(28)12-14-26-16-7-2-4-10-19(16)31-20-11-5-3-8-17(20)26/h2-11,13H,12,14-15H2,1H3,(H,24,27,29). The molecule has 1 aliphatic rings. The van der Waals surface area contributed by atoms with Crippen LogP contribution in [0.2, 0.25) is 0 Å². The number of nitrogens with one attached hydrogen (secondary N) is 1. The van der Waals surface area contributed by atoms with Crippen molar-refractivity contribution in [1.29, 1.82) is 0 Å². The van der Waals surface area contributed by atoms with Gasteiger partial charge in [0.1, 0.15) is 5.69 Å². The van der Waals surface area contributed by atoms with E-state index in [1.807, 2.05) is 36.4 Å². The van der Waals surface area contributed by atoms with E-state index in [4.69, 9.17) is 4.74 Å². The summed E-state index contributed by atoms with van der Waals surface area (Å²) in [5.41, 5.74) is 2.41. The summed E-state index contributed by atoms with van der Waals surface area (Å²) in [4.78, 5) is 40.6. The number of nitrogens with zero attached hydrogens (tertiary/aromatic N) is 2. The van der Waals surface area contributed by atoms with Crippen molar-refractivity contribution in [3.63, 3.8) is 0 Å². The lowest BCUT2D eigenvalue weighted by Crippen LogP contribution is -2.35. The molecule has 158 valence electrons. The number of ether oxygens (including phenoxy) is 1. The predicted octanol–water partition coefficient (Wildman–Crippen LogP) is 3.52. The maximum atomic E-state index is 12.3. The van der Waals surface area contributed by atoms with Gasteiger partial charge in [-0.05, 0) is 36.4 Å². The number of fused-ring (bicyclic) bond motifs is 2. The first-order chi connectivity index (χ1) is 15.0. The first kappa shape index (κ1) is 20.7. The highest BCUT2D eigenvalue weighted by atomic mass is 32.2. The number of carbonyl (C=O) groups excluding carboxylic acids is 3. The Bertz CT molecular complexity index is 1100.